The Kier molecular flexibility index (Phi) is 6.66. The normalized spacial score (nSPS) is 11.3. The van der Waals surface area contributed by atoms with E-state index in [0.29, 0.717) is 16.9 Å². The van der Waals surface area contributed by atoms with Gasteiger partial charge in [0.2, 0.25) is 10.0 Å². The average Bonchev–Trinajstić information content (AvgIpc) is 2.76. The molecule has 2 N–H and O–H groups in total. The molecule has 166 valence electrons. The molecule has 9 nitrogen and oxygen atoms in total. The summed E-state index contributed by atoms with van der Waals surface area (Å²) in [5.41, 5.74) is 2.95. The minimum Gasteiger partial charge on any atom is -0.322 e. The molecule has 0 atom stereocenters. The molecule has 32 heavy (non-hydrogen) atoms. The Balaban J connectivity index is 1.81. The van der Waals surface area contributed by atoms with Gasteiger partial charge in [0.25, 0.3) is 11.8 Å². The molecule has 0 aliphatic carbocycles. The molecule has 0 unspecified atom stereocenters. The number of pyridine rings is 2. The number of anilines is 2. The van der Waals surface area contributed by atoms with Crippen molar-refractivity contribution in [2.75, 3.05) is 24.7 Å². The Morgan fingerprint density at radius 3 is 2.22 bits per heavy atom. The van der Waals surface area contributed by atoms with Crippen LogP contribution in [0.5, 0.6) is 0 Å². The van der Waals surface area contributed by atoms with E-state index in [2.05, 4.69) is 20.6 Å². The quantitative estimate of drug-likeness (QED) is 0.592. The first-order valence-electron chi connectivity index (χ1n) is 9.61. The summed E-state index contributed by atoms with van der Waals surface area (Å²) in [5, 5.41) is 5.46. The smallest absolute Gasteiger partial charge is 0.257 e. The van der Waals surface area contributed by atoms with Crippen LogP contribution in [0.4, 0.5) is 11.4 Å². The number of rotatable bonds is 6. The highest BCUT2D eigenvalue weighted by Crippen LogP contribution is 2.19. The zero-order chi connectivity index (χ0) is 23.5. The summed E-state index contributed by atoms with van der Waals surface area (Å²) in [6.45, 7) is 3.64. The molecule has 2 amide bonds. The summed E-state index contributed by atoms with van der Waals surface area (Å²) in [7, 11) is -0.936. The third kappa shape index (κ3) is 5.16. The van der Waals surface area contributed by atoms with Crippen LogP contribution in [-0.2, 0) is 10.0 Å². The van der Waals surface area contributed by atoms with Gasteiger partial charge in [-0.2, -0.15) is 0 Å². The second-order valence-electron chi connectivity index (χ2n) is 7.32. The summed E-state index contributed by atoms with van der Waals surface area (Å²) in [6, 6.07) is 9.72. The van der Waals surface area contributed by atoms with E-state index in [1.54, 1.807) is 43.5 Å². The van der Waals surface area contributed by atoms with Gasteiger partial charge in [-0.25, -0.2) is 12.7 Å². The van der Waals surface area contributed by atoms with Crippen molar-refractivity contribution in [1.29, 1.82) is 0 Å². The highest BCUT2D eigenvalue weighted by molar-refractivity contribution is 7.89. The summed E-state index contributed by atoms with van der Waals surface area (Å²) in [6.07, 6.45) is 4.02. The first-order valence-corrected chi connectivity index (χ1v) is 11.1. The summed E-state index contributed by atoms with van der Waals surface area (Å²) in [4.78, 5) is 33.3. The minimum absolute atomic E-state index is 0.0743. The maximum atomic E-state index is 12.7. The van der Waals surface area contributed by atoms with Crippen LogP contribution in [0.25, 0.3) is 0 Å². The molecule has 0 saturated carbocycles. The zero-order valence-electron chi connectivity index (χ0n) is 18.1. The van der Waals surface area contributed by atoms with Gasteiger partial charge in [-0.15, -0.1) is 0 Å². The molecule has 0 aliphatic rings. The molecule has 3 rings (SSSR count). The van der Waals surface area contributed by atoms with E-state index in [9.17, 15) is 18.0 Å². The third-order valence-electron chi connectivity index (χ3n) is 4.66. The molecule has 1 aromatic carbocycles. The van der Waals surface area contributed by atoms with E-state index in [4.69, 9.17) is 0 Å². The van der Waals surface area contributed by atoms with Crippen molar-refractivity contribution >= 4 is 33.2 Å². The SMILES string of the molecule is Cc1ccc(NC(=O)c2cc(NC(=O)c3cncc(S(=O)(=O)N(C)C)c3)ccc2C)cn1. The molecule has 3 aromatic rings. The van der Waals surface area contributed by atoms with E-state index in [1.165, 1.54) is 32.6 Å². The number of hydrogen-bond acceptors (Lipinski definition) is 6. The van der Waals surface area contributed by atoms with Gasteiger partial charge in [-0.3, -0.25) is 19.6 Å². The lowest BCUT2D eigenvalue weighted by Gasteiger charge is -2.13. The van der Waals surface area contributed by atoms with Crippen LogP contribution in [0.15, 0.2) is 59.9 Å². The fourth-order valence-electron chi connectivity index (χ4n) is 2.78. The Bertz CT molecular complexity index is 1270. The van der Waals surface area contributed by atoms with Crippen molar-refractivity contribution < 1.29 is 18.0 Å². The van der Waals surface area contributed by atoms with E-state index in [1.807, 2.05) is 6.92 Å². The van der Waals surface area contributed by atoms with Gasteiger partial charge in [-0.1, -0.05) is 6.07 Å². The maximum absolute atomic E-state index is 12.7. The van der Waals surface area contributed by atoms with Gasteiger partial charge >= 0.3 is 0 Å². The Morgan fingerprint density at radius 2 is 1.56 bits per heavy atom. The number of carbonyl (C=O) groups is 2. The Morgan fingerprint density at radius 1 is 0.875 bits per heavy atom. The van der Waals surface area contributed by atoms with Crippen LogP contribution >= 0.6 is 0 Å². The Labute approximate surface area is 186 Å². The van der Waals surface area contributed by atoms with Crippen LogP contribution in [-0.4, -0.2) is 48.6 Å². The van der Waals surface area contributed by atoms with Crippen molar-refractivity contribution in [2.24, 2.45) is 0 Å². The number of aromatic nitrogens is 2. The number of nitrogens with one attached hydrogen (secondary N) is 2. The lowest BCUT2D eigenvalue weighted by atomic mass is 10.1. The molecular weight excluding hydrogens is 430 g/mol. The molecular formula is C22H23N5O4S. The molecule has 2 heterocycles. The molecule has 0 fully saturated rings. The number of sulfonamides is 1. The molecule has 2 aromatic heterocycles. The van der Waals surface area contributed by atoms with Gasteiger partial charge in [0.1, 0.15) is 4.90 Å². The number of nitrogens with zero attached hydrogens (tertiary/aromatic N) is 3. The largest absolute Gasteiger partial charge is 0.322 e. The Hall–Kier alpha value is -3.63. The van der Waals surface area contributed by atoms with Gasteiger partial charge in [0.15, 0.2) is 0 Å². The van der Waals surface area contributed by atoms with Gasteiger partial charge in [0.05, 0.1) is 17.4 Å². The van der Waals surface area contributed by atoms with Gasteiger partial charge in [0, 0.05) is 43.4 Å². The molecule has 10 heteroatoms. The summed E-state index contributed by atoms with van der Waals surface area (Å²) >= 11 is 0. The average molecular weight is 454 g/mol. The minimum atomic E-state index is -3.73. The molecule has 0 radical (unpaired) electrons. The maximum Gasteiger partial charge on any atom is 0.257 e. The van der Waals surface area contributed by atoms with Crippen LogP contribution in [0.2, 0.25) is 0 Å². The lowest BCUT2D eigenvalue weighted by molar-refractivity contribution is 0.101. The standard InChI is InChI=1S/C22H23N5O4S/c1-14-5-7-17(10-20(14)22(29)26-18-8-6-15(2)24-12-18)25-21(28)16-9-19(13-23-11-16)32(30,31)27(3)4/h5-13H,1-4H3,(H,25,28)(H,26,29). The molecule has 0 bridgehead atoms. The fraction of sp³-hybridized carbons (Fsp3) is 0.182. The number of aryl methyl sites for hydroxylation is 2. The van der Waals surface area contributed by atoms with Crippen LogP contribution in [0, 0.1) is 13.8 Å². The van der Waals surface area contributed by atoms with Gasteiger partial charge < -0.3 is 10.6 Å². The predicted molar refractivity (Wildman–Crippen MR) is 121 cm³/mol. The van der Waals surface area contributed by atoms with Crippen molar-refractivity contribution in [2.45, 2.75) is 18.7 Å². The highest BCUT2D eigenvalue weighted by atomic mass is 32.2. The predicted octanol–water partition coefficient (Wildman–Crippen LogP) is 2.85. The molecule has 0 saturated heterocycles. The third-order valence-corrected chi connectivity index (χ3v) is 6.44. The van der Waals surface area contributed by atoms with E-state index >= 15 is 0 Å². The highest BCUT2D eigenvalue weighted by Gasteiger charge is 2.20. The van der Waals surface area contributed by atoms with Crippen molar-refractivity contribution in [1.82, 2.24) is 14.3 Å². The van der Waals surface area contributed by atoms with Crippen LogP contribution in [0.1, 0.15) is 32.0 Å². The monoisotopic (exact) mass is 453 g/mol. The number of benzene rings is 1. The van der Waals surface area contributed by atoms with Crippen molar-refractivity contribution in [3.63, 3.8) is 0 Å². The second-order valence-corrected chi connectivity index (χ2v) is 9.47. The van der Waals surface area contributed by atoms with Crippen LogP contribution in [0.3, 0.4) is 0 Å². The number of amides is 2. The number of hydrogen-bond donors (Lipinski definition) is 2. The van der Waals surface area contributed by atoms with Gasteiger partial charge in [-0.05, 0) is 49.7 Å². The fourth-order valence-corrected chi connectivity index (χ4v) is 3.67. The van der Waals surface area contributed by atoms with Crippen molar-refractivity contribution in [3.8, 4) is 0 Å². The van der Waals surface area contributed by atoms with E-state index in [0.717, 1.165) is 15.6 Å². The number of carbonyl (C=O) groups excluding carboxylic acids is 2. The lowest BCUT2D eigenvalue weighted by Crippen LogP contribution is -2.23. The van der Waals surface area contributed by atoms with Crippen LogP contribution < -0.4 is 10.6 Å². The van der Waals surface area contributed by atoms with E-state index in [-0.39, 0.29) is 16.4 Å². The topological polar surface area (TPSA) is 121 Å². The zero-order valence-corrected chi connectivity index (χ0v) is 18.9. The molecule has 0 spiro atoms. The summed E-state index contributed by atoms with van der Waals surface area (Å²) in [5.74, 6) is -0.892. The van der Waals surface area contributed by atoms with E-state index < -0.39 is 15.9 Å². The summed E-state index contributed by atoms with van der Waals surface area (Å²) < 4.78 is 25.6. The second kappa shape index (κ2) is 9.25. The first-order chi connectivity index (χ1) is 15.1. The first kappa shape index (κ1) is 23.0. The van der Waals surface area contributed by atoms with Crippen molar-refractivity contribution in [3.05, 3.63) is 77.4 Å². The molecule has 0 aliphatic heterocycles.